The zero-order valence-electron chi connectivity index (χ0n) is 10.5. The number of nitrogens with zero attached hydrogens (tertiary/aromatic N) is 1. The minimum Gasteiger partial charge on any atom is -0.356 e. The van der Waals surface area contributed by atoms with Crippen LogP contribution >= 0.6 is 0 Å². The monoisotopic (exact) mass is 241 g/mol. The highest BCUT2D eigenvalue weighted by atomic mass is 15.1. The van der Waals surface area contributed by atoms with Gasteiger partial charge in [-0.05, 0) is 49.1 Å². The molecule has 4 rings (SSSR count). The first kappa shape index (κ1) is 10.4. The quantitative estimate of drug-likeness (QED) is 0.864. The molecule has 2 fully saturated rings. The minimum atomic E-state index is 0.872. The number of rotatable bonds is 3. The predicted molar refractivity (Wildman–Crippen MR) is 73.5 cm³/mol. The van der Waals surface area contributed by atoms with Gasteiger partial charge in [0.2, 0.25) is 5.95 Å². The number of benzene rings is 1. The lowest BCUT2D eigenvalue weighted by molar-refractivity contribution is 0.348. The van der Waals surface area contributed by atoms with Crippen LogP contribution in [0.25, 0.3) is 11.0 Å². The molecule has 1 heterocycles. The molecule has 2 saturated carbocycles. The van der Waals surface area contributed by atoms with Gasteiger partial charge in [-0.15, -0.1) is 0 Å². The molecule has 1 aromatic heterocycles. The van der Waals surface area contributed by atoms with E-state index in [0.717, 1.165) is 41.3 Å². The van der Waals surface area contributed by atoms with Crippen LogP contribution in [0.2, 0.25) is 0 Å². The first-order valence-electron chi connectivity index (χ1n) is 7.07. The molecule has 0 amide bonds. The first-order chi connectivity index (χ1) is 8.88. The van der Waals surface area contributed by atoms with Crippen LogP contribution in [0.3, 0.4) is 0 Å². The highest BCUT2D eigenvalue weighted by Crippen LogP contribution is 2.48. The van der Waals surface area contributed by atoms with Crippen LogP contribution in [-0.2, 0) is 0 Å². The average Bonchev–Trinajstić information content (AvgIpc) is 3.10. The molecule has 94 valence electrons. The van der Waals surface area contributed by atoms with Gasteiger partial charge in [0, 0.05) is 6.54 Å². The maximum atomic E-state index is 4.57. The fourth-order valence-corrected chi connectivity index (χ4v) is 3.89. The van der Waals surface area contributed by atoms with E-state index in [0.29, 0.717) is 0 Å². The van der Waals surface area contributed by atoms with Crippen LogP contribution in [0.5, 0.6) is 0 Å². The minimum absolute atomic E-state index is 0.872. The number of nitrogens with one attached hydrogen (secondary N) is 2. The third kappa shape index (κ3) is 1.69. The fourth-order valence-electron chi connectivity index (χ4n) is 3.89. The van der Waals surface area contributed by atoms with Crippen molar-refractivity contribution in [3.63, 3.8) is 0 Å². The molecule has 3 unspecified atom stereocenters. The molecule has 0 radical (unpaired) electrons. The molecule has 3 nitrogen and oxygen atoms in total. The highest BCUT2D eigenvalue weighted by molar-refractivity contribution is 5.77. The Balaban J connectivity index is 1.45. The van der Waals surface area contributed by atoms with Crippen molar-refractivity contribution < 1.29 is 0 Å². The molecular formula is C15H19N3. The second-order valence-corrected chi connectivity index (χ2v) is 5.92. The number of imidazole rings is 1. The van der Waals surface area contributed by atoms with Crippen LogP contribution in [0.15, 0.2) is 24.3 Å². The van der Waals surface area contributed by atoms with Crippen LogP contribution in [0, 0.1) is 17.8 Å². The van der Waals surface area contributed by atoms with Crippen molar-refractivity contribution in [2.24, 2.45) is 17.8 Å². The molecule has 1 aromatic carbocycles. The number of H-pyrrole nitrogens is 1. The van der Waals surface area contributed by atoms with Crippen LogP contribution in [-0.4, -0.2) is 16.5 Å². The van der Waals surface area contributed by atoms with Gasteiger partial charge >= 0.3 is 0 Å². The molecule has 2 aliphatic carbocycles. The molecule has 0 aliphatic heterocycles. The topological polar surface area (TPSA) is 40.7 Å². The number of hydrogen-bond donors (Lipinski definition) is 2. The smallest absolute Gasteiger partial charge is 0.201 e. The molecule has 2 aromatic rings. The number of para-hydroxylation sites is 2. The lowest BCUT2D eigenvalue weighted by Crippen LogP contribution is -2.20. The molecule has 2 N–H and O–H groups in total. The maximum Gasteiger partial charge on any atom is 0.201 e. The van der Waals surface area contributed by atoms with Gasteiger partial charge in [0.15, 0.2) is 0 Å². The number of hydrogen-bond acceptors (Lipinski definition) is 2. The molecule has 2 aliphatic rings. The second-order valence-electron chi connectivity index (χ2n) is 5.92. The van der Waals surface area contributed by atoms with Gasteiger partial charge in [0.25, 0.3) is 0 Å². The Bertz CT molecular complexity index is 527. The zero-order chi connectivity index (χ0) is 11.9. The van der Waals surface area contributed by atoms with E-state index in [9.17, 15) is 0 Å². The summed E-state index contributed by atoms with van der Waals surface area (Å²) in [5.41, 5.74) is 2.17. The van der Waals surface area contributed by atoms with Crippen LogP contribution in [0.1, 0.15) is 25.7 Å². The van der Waals surface area contributed by atoms with Crippen LogP contribution < -0.4 is 5.32 Å². The highest BCUT2D eigenvalue weighted by Gasteiger charge is 2.39. The van der Waals surface area contributed by atoms with Gasteiger partial charge in [-0.2, -0.15) is 0 Å². The molecular weight excluding hydrogens is 222 g/mol. The average molecular weight is 241 g/mol. The Hall–Kier alpha value is -1.51. The van der Waals surface area contributed by atoms with E-state index in [4.69, 9.17) is 0 Å². The Kier molecular flexibility index (Phi) is 2.32. The van der Waals surface area contributed by atoms with Crippen molar-refractivity contribution in [3.8, 4) is 0 Å². The first-order valence-corrected chi connectivity index (χ1v) is 7.07. The van der Waals surface area contributed by atoms with E-state index in [1.54, 1.807) is 0 Å². The Morgan fingerprint density at radius 3 is 2.94 bits per heavy atom. The van der Waals surface area contributed by atoms with Gasteiger partial charge in [-0.1, -0.05) is 18.6 Å². The summed E-state index contributed by atoms with van der Waals surface area (Å²) in [6.45, 7) is 1.08. The third-order valence-electron chi connectivity index (χ3n) is 4.81. The summed E-state index contributed by atoms with van der Waals surface area (Å²) in [7, 11) is 0. The number of fused-ring (bicyclic) bond motifs is 3. The molecule has 3 heteroatoms. The van der Waals surface area contributed by atoms with Gasteiger partial charge < -0.3 is 10.3 Å². The van der Waals surface area contributed by atoms with E-state index in [1.165, 1.54) is 25.7 Å². The number of aromatic amines is 1. The van der Waals surface area contributed by atoms with Crippen molar-refractivity contribution >= 4 is 17.0 Å². The molecule has 3 atom stereocenters. The lowest BCUT2D eigenvalue weighted by atomic mass is 9.89. The van der Waals surface area contributed by atoms with E-state index >= 15 is 0 Å². The fraction of sp³-hybridized carbons (Fsp3) is 0.533. The Morgan fingerprint density at radius 1 is 1.22 bits per heavy atom. The van der Waals surface area contributed by atoms with Crippen molar-refractivity contribution in [1.82, 2.24) is 9.97 Å². The standard InChI is InChI=1S/C15H19N3/c1-2-4-14-13(3-1)17-15(18-14)16-9-12-8-10-5-6-11(12)7-10/h1-4,10-12H,5-9H2,(H2,16,17,18). The number of anilines is 1. The normalized spacial score (nSPS) is 30.1. The second kappa shape index (κ2) is 4.01. The Morgan fingerprint density at radius 2 is 2.17 bits per heavy atom. The predicted octanol–water partition coefficient (Wildman–Crippen LogP) is 3.41. The van der Waals surface area contributed by atoms with E-state index < -0.39 is 0 Å². The summed E-state index contributed by atoms with van der Waals surface area (Å²) in [6.07, 6.45) is 5.84. The van der Waals surface area contributed by atoms with Crippen molar-refractivity contribution in [2.45, 2.75) is 25.7 Å². The van der Waals surface area contributed by atoms with E-state index in [2.05, 4.69) is 27.4 Å². The summed E-state index contributed by atoms with van der Waals surface area (Å²) in [5, 5.41) is 3.49. The van der Waals surface area contributed by atoms with Crippen molar-refractivity contribution in [2.75, 3.05) is 11.9 Å². The summed E-state index contributed by atoms with van der Waals surface area (Å²) in [6, 6.07) is 8.20. The van der Waals surface area contributed by atoms with Crippen molar-refractivity contribution in [3.05, 3.63) is 24.3 Å². The van der Waals surface area contributed by atoms with E-state index in [-0.39, 0.29) is 0 Å². The summed E-state index contributed by atoms with van der Waals surface area (Å²) >= 11 is 0. The van der Waals surface area contributed by atoms with Gasteiger partial charge in [0.05, 0.1) is 11.0 Å². The van der Waals surface area contributed by atoms with E-state index in [1.807, 2.05) is 12.1 Å². The van der Waals surface area contributed by atoms with Gasteiger partial charge in [0.1, 0.15) is 0 Å². The molecule has 18 heavy (non-hydrogen) atoms. The van der Waals surface area contributed by atoms with Crippen molar-refractivity contribution in [1.29, 1.82) is 0 Å². The summed E-state index contributed by atoms with van der Waals surface area (Å²) in [5.74, 6) is 3.81. The third-order valence-corrected chi connectivity index (χ3v) is 4.81. The summed E-state index contributed by atoms with van der Waals surface area (Å²) in [4.78, 5) is 7.91. The SMILES string of the molecule is c1ccc2[nH]c(NCC3CC4CCC3C4)nc2c1. The van der Waals surface area contributed by atoms with Gasteiger partial charge in [-0.3, -0.25) is 0 Å². The summed E-state index contributed by atoms with van der Waals surface area (Å²) < 4.78 is 0. The lowest BCUT2D eigenvalue weighted by Gasteiger charge is -2.21. The largest absolute Gasteiger partial charge is 0.356 e. The van der Waals surface area contributed by atoms with Gasteiger partial charge in [-0.25, -0.2) is 4.98 Å². The number of aromatic nitrogens is 2. The maximum absolute atomic E-state index is 4.57. The molecule has 0 spiro atoms. The molecule has 0 saturated heterocycles. The Labute approximate surface area is 107 Å². The molecule has 2 bridgehead atoms. The zero-order valence-corrected chi connectivity index (χ0v) is 10.5. The van der Waals surface area contributed by atoms with Crippen LogP contribution in [0.4, 0.5) is 5.95 Å².